The average Bonchev–Trinajstić information content (AvgIpc) is 2.98. The number of hydrogen-bond acceptors (Lipinski definition) is 2. The third kappa shape index (κ3) is 2.07. The van der Waals surface area contributed by atoms with Gasteiger partial charge < -0.3 is 5.43 Å². The molecule has 0 atom stereocenters. The fourth-order valence-electron chi connectivity index (χ4n) is 2.64. The number of nitrogens with zero attached hydrogens (tertiary/aromatic N) is 3. The van der Waals surface area contributed by atoms with Crippen LogP contribution in [0.25, 0.3) is 10.9 Å². The first-order valence-electron chi connectivity index (χ1n) is 7.04. The Kier molecular flexibility index (Phi) is 3.22. The minimum Gasteiger partial charge on any atom is -0.320 e. The number of aryl methyl sites for hydroxylation is 3. The molecule has 0 spiro atoms. The maximum atomic E-state index is 4.71. The van der Waals surface area contributed by atoms with E-state index >= 15 is 0 Å². The van der Waals surface area contributed by atoms with Gasteiger partial charge in [-0.05, 0) is 39.0 Å². The van der Waals surface area contributed by atoms with Gasteiger partial charge in [0.1, 0.15) is 0 Å². The SMILES string of the molecule is CCn1nc(CNn2c(C)ccc2C)c2ccccc21. The second-order valence-electron chi connectivity index (χ2n) is 5.07. The van der Waals surface area contributed by atoms with Crippen molar-refractivity contribution in [3.8, 4) is 0 Å². The molecule has 0 aliphatic heterocycles. The predicted octanol–water partition coefficient (Wildman–Crippen LogP) is 3.22. The molecule has 20 heavy (non-hydrogen) atoms. The third-order valence-electron chi connectivity index (χ3n) is 3.71. The van der Waals surface area contributed by atoms with Crippen molar-refractivity contribution in [2.75, 3.05) is 5.43 Å². The maximum absolute atomic E-state index is 4.71. The molecule has 3 aromatic rings. The summed E-state index contributed by atoms with van der Waals surface area (Å²) >= 11 is 0. The zero-order valence-electron chi connectivity index (χ0n) is 12.2. The first-order chi connectivity index (χ1) is 9.70. The third-order valence-corrected chi connectivity index (χ3v) is 3.71. The number of aromatic nitrogens is 3. The summed E-state index contributed by atoms with van der Waals surface area (Å²) < 4.78 is 4.17. The lowest BCUT2D eigenvalue weighted by Gasteiger charge is -2.11. The predicted molar refractivity (Wildman–Crippen MR) is 82.4 cm³/mol. The van der Waals surface area contributed by atoms with E-state index in [-0.39, 0.29) is 0 Å². The van der Waals surface area contributed by atoms with Gasteiger partial charge in [0.05, 0.1) is 17.8 Å². The number of para-hydroxylation sites is 1. The van der Waals surface area contributed by atoms with E-state index in [1.165, 1.54) is 22.3 Å². The molecule has 4 heteroatoms. The van der Waals surface area contributed by atoms with Gasteiger partial charge in [-0.2, -0.15) is 5.10 Å². The Morgan fingerprint density at radius 1 is 1.05 bits per heavy atom. The molecule has 2 heterocycles. The summed E-state index contributed by atoms with van der Waals surface area (Å²) in [7, 11) is 0. The van der Waals surface area contributed by atoms with Gasteiger partial charge in [-0.25, -0.2) is 0 Å². The molecule has 0 unspecified atom stereocenters. The average molecular weight is 268 g/mol. The minimum absolute atomic E-state index is 0.726. The second kappa shape index (κ2) is 5.04. The first-order valence-corrected chi connectivity index (χ1v) is 7.04. The monoisotopic (exact) mass is 268 g/mol. The minimum atomic E-state index is 0.726. The molecule has 104 valence electrons. The summed E-state index contributed by atoms with van der Waals surface area (Å²) in [4.78, 5) is 0. The van der Waals surface area contributed by atoms with Gasteiger partial charge in [-0.15, -0.1) is 0 Å². The van der Waals surface area contributed by atoms with Gasteiger partial charge >= 0.3 is 0 Å². The molecular formula is C16H20N4. The number of hydrogen-bond donors (Lipinski definition) is 1. The second-order valence-corrected chi connectivity index (χ2v) is 5.07. The summed E-state index contributed by atoms with van der Waals surface area (Å²) in [5.74, 6) is 0. The van der Waals surface area contributed by atoms with Crippen molar-refractivity contribution < 1.29 is 0 Å². The Labute approximate surface area is 119 Å². The highest BCUT2D eigenvalue weighted by Gasteiger charge is 2.09. The van der Waals surface area contributed by atoms with E-state index in [0.29, 0.717) is 0 Å². The number of rotatable bonds is 4. The van der Waals surface area contributed by atoms with Crippen molar-refractivity contribution in [1.82, 2.24) is 14.5 Å². The van der Waals surface area contributed by atoms with Crippen LogP contribution in [0.4, 0.5) is 0 Å². The van der Waals surface area contributed by atoms with Crippen molar-refractivity contribution in [2.24, 2.45) is 0 Å². The lowest BCUT2D eigenvalue weighted by atomic mass is 10.2. The van der Waals surface area contributed by atoms with Crippen LogP contribution in [-0.4, -0.2) is 14.5 Å². The van der Waals surface area contributed by atoms with Crippen molar-refractivity contribution in [3.63, 3.8) is 0 Å². The van der Waals surface area contributed by atoms with E-state index in [1.54, 1.807) is 0 Å². The van der Waals surface area contributed by atoms with Crippen LogP contribution < -0.4 is 5.43 Å². The maximum Gasteiger partial charge on any atom is 0.0910 e. The van der Waals surface area contributed by atoms with Gasteiger partial charge in [-0.1, -0.05) is 18.2 Å². The summed E-state index contributed by atoms with van der Waals surface area (Å²) in [6.45, 7) is 7.94. The van der Waals surface area contributed by atoms with Crippen LogP contribution in [0, 0.1) is 13.8 Å². The van der Waals surface area contributed by atoms with Crippen LogP contribution in [0.15, 0.2) is 36.4 Å². The lowest BCUT2D eigenvalue weighted by Crippen LogP contribution is -2.17. The van der Waals surface area contributed by atoms with E-state index in [9.17, 15) is 0 Å². The van der Waals surface area contributed by atoms with E-state index in [4.69, 9.17) is 5.10 Å². The fourth-order valence-corrected chi connectivity index (χ4v) is 2.64. The van der Waals surface area contributed by atoms with Gasteiger partial charge in [0.2, 0.25) is 0 Å². The highest BCUT2D eigenvalue weighted by Crippen LogP contribution is 2.18. The molecule has 1 aromatic carbocycles. The molecule has 0 saturated carbocycles. The van der Waals surface area contributed by atoms with E-state index in [2.05, 4.69) is 72.0 Å². The van der Waals surface area contributed by atoms with Gasteiger partial charge in [0, 0.05) is 23.3 Å². The van der Waals surface area contributed by atoms with Crippen LogP contribution in [0.5, 0.6) is 0 Å². The molecule has 0 aliphatic rings. The van der Waals surface area contributed by atoms with E-state index < -0.39 is 0 Å². The van der Waals surface area contributed by atoms with E-state index in [1.807, 2.05) is 0 Å². The van der Waals surface area contributed by atoms with Crippen molar-refractivity contribution in [2.45, 2.75) is 33.9 Å². The summed E-state index contributed by atoms with van der Waals surface area (Å²) in [6.07, 6.45) is 0. The van der Waals surface area contributed by atoms with Crippen LogP contribution in [0.2, 0.25) is 0 Å². The van der Waals surface area contributed by atoms with Gasteiger partial charge in [0.15, 0.2) is 0 Å². The summed E-state index contributed by atoms with van der Waals surface area (Å²) in [5, 5.41) is 5.93. The molecule has 2 aromatic heterocycles. The lowest BCUT2D eigenvalue weighted by molar-refractivity contribution is 0.663. The molecule has 0 bridgehead atoms. The Morgan fingerprint density at radius 2 is 1.75 bits per heavy atom. The zero-order chi connectivity index (χ0) is 14.1. The Bertz CT molecular complexity index is 717. The van der Waals surface area contributed by atoms with Crippen LogP contribution in [0.1, 0.15) is 24.0 Å². The topological polar surface area (TPSA) is 34.8 Å². The molecule has 3 rings (SSSR count). The molecule has 0 amide bonds. The molecule has 4 nitrogen and oxygen atoms in total. The van der Waals surface area contributed by atoms with Crippen LogP contribution >= 0.6 is 0 Å². The fraction of sp³-hybridized carbons (Fsp3) is 0.312. The highest BCUT2D eigenvalue weighted by atomic mass is 15.4. The van der Waals surface area contributed by atoms with Crippen LogP contribution in [0.3, 0.4) is 0 Å². The van der Waals surface area contributed by atoms with Crippen LogP contribution in [-0.2, 0) is 13.1 Å². The summed E-state index contributed by atoms with van der Waals surface area (Å²) in [6, 6.07) is 12.6. The summed E-state index contributed by atoms with van der Waals surface area (Å²) in [5.41, 5.74) is 8.16. The molecule has 1 N–H and O–H groups in total. The first kappa shape index (κ1) is 12.8. The van der Waals surface area contributed by atoms with Crippen molar-refractivity contribution >= 4 is 10.9 Å². The number of nitrogens with one attached hydrogen (secondary N) is 1. The number of benzene rings is 1. The highest BCUT2D eigenvalue weighted by molar-refractivity contribution is 5.82. The molecular weight excluding hydrogens is 248 g/mol. The molecule has 0 fully saturated rings. The smallest absolute Gasteiger partial charge is 0.0910 e. The van der Waals surface area contributed by atoms with Crippen molar-refractivity contribution in [3.05, 3.63) is 53.5 Å². The quantitative estimate of drug-likeness (QED) is 0.788. The van der Waals surface area contributed by atoms with Gasteiger partial charge in [0.25, 0.3) is 0 Å². The molecule has 0 radical (unpaired) electrons. The number of fused-ring (bicyclic) bond motifs is 1. The van der Waals surface area contributed by atoms with Gasteiger partial charge in [-0.3, -0.25) is 9.36 Å². The van der Waals surface area contributed by atoms with E-state index in [0.717, 1.165) is 18.8 Å². The Morgan fingerprint density at radius 3 is 2.45 bits per heavy atom. The molecule has 0 aliphatic carbocycles. The van der Waals surface area contributed by atoms with Crippen molar-refractivity contribution in [1.29, 1.82) is 0 Å². The zero-order valence-corrected chi connectivity index (χ0v) is 12.2. The normalized spacial score (nSPS) is 11.2. The molecule has 0 saturated heterocycles. The standard InChI is InChI=1S/C16H20N4/c1-4-19-16-8-6-5-7-14(16)15(18-19)11-17-20-12(2)9-10-13(20)3/h5-10,17H,4,11H2,1-3H3. The Balaban J connectivity index is 1.92. The Hall–Kier alpha value is -2.23. The largest absolute Gasteiger partial charge is 0.320 e.